The van der Waals surface area contributed by atoms with Crippen molar-refractivity contribution < 1.29 is 14.3 Å². The number of carbonyl (C=O) groups excluding carboxylic acids is 2. The normalized spacial score (nSPS) is 18.1. The molecule has 1 saturated heterocycles. The Morgan fingerprint density at radius 1 is 1.30 bits per heavy atom. The van der Waals surface area contributed by atoms with Gasteiger partial charge in [0.15, 0.2) is 0 Å². The van der Waals surface area contributed by atoms with Crippen LogP contribution in [0, 0.1) is 17.8 Å². The second kappa shape index (κ2) is 8.25. The standard InChI is InChI=1S/C15H28N2O3/c1-4-20-15(19)12-5-7-17(8-6-12)14(18)13(10-16)9-11(2)3/h11-13H,4-10,16H2,1-3H3. The topological polar surface area (TPSA) is 72.6 Å². The molecule has 1 unspecified atom stereocenters. The molecular formula is C15H28N2O3. The third-order valence-electron chi connectivity index (χ3n) is 3.82. The highest BCUT2D eigenvalue weighted by Gasteiger charge is 2.31. The van der Waals surface area contributed by atoms with Crippen molar-refractivity contribution in [3.05, 3.63) is 0 Å². The van der Waals surface area contributed by atoms with Crippen LogP contribution in [0.5, 0.6) is 0 Å². The summed E-state index contributed by atoms with van der Waals surface area (Å²) in [7, 11) is 0. The van der Waals surface area contributed by atoms with Crippen molar-refractivity contribution in [1.82, 2.24) is 4.90 Å². The summed E-state index contributed by atoms with van der Waals surface area (Å²) in [4.78, 5) is 25.9. The summed E-state index contributed by atoms with van der Waals surface area (Å²) in [5.41, 5.74) is 5.72. The van der Waals surface area contributed by atoms with Gasteiger partial charge in [0.05, 0.1) is 18.4 Å². The number of hydrogen-bond acceptors (Lipinski definition) is 4. The highest BCUT2D eigenvalue weighted by molar-refractivity contribution is 5.79. The fourth-order valence-corrected chi connectivity index (χ4v) is 2.72. The van der Waals surface area contributed by atoms with Crippen molar-refractivity contribution in [3.63, 3.8) is 0 Å². The average molecular weight is 284 g/mol. The minimum Gasteiger partial charge on any atom is -0.466 e. The minimum atomic E-state index is -0.128. The van der Waals surface area contributed by atoms with Gasteiger partial charge < -0.3 is 15.4 Å². The molecule has 0 aliphatic carbocycles. The van der Waals surface area contributed by atoms with Crippen LogP contribution in [0.15, 0.2) is 0 Å². The second-order valence-electron chi connectivity index (χ2n) is 5.91. The Morgan fingerprint density at radius 2 is 1.90 bits per heavy atom. The van der Waals surface area contributed by atoms with Crippen LogP contribution in [0.1, 0.15) is 40.0 Å². The van der Waals surface area contributed by atoms with Crippen molar-refractivity contribution >= 4 is 11.9 Å². The molecule has 0 aromatic rings. The molecule has 5 heteroatoms. The Balaban J connectivity index is 2.47. The summed E-state index contributed by atoms with van der Waals surface area (Å²) in [6.45, 7) is 8.10. The first-order chi connectivity index (χ1) is 9.49. The summed E-state index contributed by atoms with van der Waals surface area (Å²) < 4.78 is 5.04. The maximum absolute atomic E-state index is 12.4. The van der Waals surface area contributed by atoms with Crippen molar-refractivity contribution in [3.8, 4) is 0 Å². The number of rotatable bonds is 6. The first-order valence-corrected chi connectivity index (χ1v) is 7.65. The molecule has 0 saturated carbocycles. The minimum absolute atomic E-state index is 0.0552. The van der Waals surface area contributed by atoms with Crippen molar-refractivity contribution in [2.75, 3.05) is 26.2 Å². The Kier molecular flexibility index (Phi) is 6.99. The zero-order valence-electron chi connectivity index (χ0n) is 12.9. The van der Waals surface area contributed by atoms with Crippen molar-refractivity contribution in [2.45, 2.75) is 40.0 Å². The number of likely N-dealkylation sites (tertiary alicyclic amines) is 1. The van der Waals surface area contributed by atoms with E-state index < -0.39 is 0 Å². The van der Waals surface area contributed by atoms with E-state index in [1.54, 1.807) is 0 Å². The molecule has 1 aliphatic heterocycles. The third kappa shape index (κ3) is 4.78. The van der Waals surface area contributed by atoms with Gasteiger partial charge in [0, 0.05) is 19.6 Å². The average Bonchev–Trinajstić information content (AvgIpc) is 2.44. The van der Waals surface area contributed by atoms with Gasteiger partial charge in [-0.2, -0.15) is 0 Å². The van der Waals surface area contributed by atoms with Crippen LogP contribution in [0.25, 0.3) is 0 Å². The maximum atomic E-state index is 12.4. The quantitative estimate of drug-likeness (QED) is 0.748. The lowest BCUT2D eigenvalue weighted by Crippen LogP contribution is -2.45. The fraction of sp³-hybridized carbons (Fsp3) is 0.867. The van der Waals surface area contributed by atoms with Gasteiger partial charge in [-0.25, -0.2) is 0 Å². The summed E-state index contributed by atoms with van der Waals surface area (Å²) in [5.74, 6) is 0.333. The van der Waals surface area contributed by atoms with E-state index in [4.69, 9.17) is 10.5 Å². The first-order valence-electron chi connectivity index (χ1n) is 7.65. The molecule has 2 N–H and O–H groups in total. The number of hydrogen-bond donors (Lipinski definition) is 1. The molecule has 1 amide bonds. The Hall–Kier alpha value is -1.10. The zero-order valence-corrected chi connectivity index (χ0v) is 12.9. The summed E-state index contributed by atoms with van der Waals surface area (Å²) in [6.07, 6.45) is 2.22. The van der Waals surface area contributed by atoms with Gasteiger partial charge in [0.2, 0.25) is 5.91 Å². The predicted molar refractivity (Wildman–Crippen MR) is 77.9 cm³/mol. The summed E-state index contributed by atoms with van der Waals surface area (Å²) >= 11 is 0. The highest BCUT2D eigenvalue weighted by Crippen LogP contribution is 2.22. The molecule has 1 aliphatic rings. The number of carbonyl (C=O) groups is 2. The number of ether oxygens (including phenoxy) is 1. The van der Waals surface area contributed by atoms with Gasteiger partial charge in [-0.3, -0.25) is 9.59 Å². The maximum Gasteiger partial charge on any atom is 0.309 e. The van der Waals surface area contributed by atoms with E-state index >= 15 is 0 Å². The van der Waals surface area contributed by atoms with E-state index in [-0.39, 0.29) is 23.7 Å². The van der Waals surface area contributed by atoms with Crippen LogP contribution >= 0.6 is 0 Å². The van der Waals surface area contributed by atoms with Crippen LogP contribution in [-0.2, 0) is 14.3 Å². The van der Waals surface area contributed by atoms with E-state index in [2.05, 4.69) is 13.8 Å². The van der Waals surface area contributed by atoms with E-state index in [0.29, 0.717) is 45.0 Å². The molecule has 0 spiro atoms. The van der Waals surface area contributed by atoms with Crippen molar-refractivity contribution in [1.29, 1.82) is 0 Å². The SMILES string of the molecule is CCOC(=O)C1CCN(C(=O)C(CN)CC(C)C)CC1. The van der Waals surface area contributed by atoms with Gasteiger partial charge >= 0.3 is 5.97 Å². The largest absolute Gasteiger partial charge is 0.466 e. The lowest BCUT2D eigenvalue weighted by atomic mass is 9.92. The van der Waals surface area contributed by atoms with Crippen LogP contribution in [0.3, 0.4) is 0 Å². The number of amides is 1. The Morgan fingerprint density at radius 3 is 2.35 bits per heavy atom. The second-order valence-corrected chi connectivity index (χ2v) is 5.91. The van der Waals surface area contributed by atoms with Crippen LogP contribution in [0.2, 0.25) is 0 Å². The van der Waals surface area contributed by atoms with Gasteiger partial charge in [-0.05, 0) is 32.1 Å². The van der Waals surface area contributed by atoms with Crippen molar-refractivity contribution in [2.24, 2.45) is 23.5 Å². The molecule has 1 fully saturated rings. The van der Waals surface area contributed by atoms with E-state index in [1.807, 2.05) is 11.8 Å². The Labute approximate surface area is 121 Å². The zero-order chi connectivity index (χ0) is 15.1. The fourth-order valence-electron chi connectivity index (χ4n) is 2.72. The molecular weight excluding hydrogens is 256 g/mol. The molecule has 0 aromatic heterocycles. The smallest absolute Gasteiger partial charge is 0.309 e. The van der Waals surface area contributed by atoms with Crippen LogP contribution < -0.4 is 5.73 Å². The van der Waals surface area contributed by atoms with Crippen LogP contribution in [-0.4, -0.2) is 43.0 Å². The van der Waals surface area contributed by atoms with E-state index in [9.17, 15) is 9.59 Å². The number of piperidine rings is 1. The number of nitrogens with two attached hydrogens (primary N) is 1. The van der Waals surface area contributed by atoms with Gasteiger partial charge in [-0.1, -0.05) is 13.8 Å². The Bertz CT molecular complexity index is 323. The van der Waals surface area contributed by atoms with Crippen LogP contribution in [0.4, 0.5) is 0 Å². The predicted octanol–water partition coefficient (Wildman–Crippen LogP) is 1.41. The lowest BCUT2D eigenvalue weighted by Gasteiger charge is -2.33. The van der Waals surface area contributed by atoms with Gasteiger partial charge in [0.1, 0.15) is 0 Å². The molecule has 1 rings (SSSR count). The molecule has 5 nitrogen and oxygen atoms in total. The molecule has 0 aromatic carbocycles. The molecule has 0 bridgehead atoms. The summed E-state index contributed by atoms with van der Waals surface area (Å²) in [5, 5.41) is 0. The molecule has 0 radical (unpaired) electrons. The molecule has 20 heavy (non-hydrogen) atoms. The monoisotopic (exact) mass is 284 g/mol. The lowest BCUT2D eigenvalue weighted by molar-refractivity contribution is -0.151. The number of esters is 1. The molecule has 116 valence electrons. The molecule has 1 atom stereocenters. The van der Waals surface area contributed by atoms with E-state index in [0.717, 1.165) is 6.42 Å². The van der Waals surface area contributed by atoms with E-state index in [1.165, 1.54) is 0 Å². The summed E-state index contributed by atoms with van der Waals surface area (Å²) in [6, 6.07) is 0. The number of nitrogens with zero attached hydrogens (tertiary/aromatic N) is 1. The third-order valence-corrected chi connectivity index (χ3v) is 3.82. The van der Waals surface area contributed by atoms with Gasteiger partial charge in [0.25, 0.3) is 0 Å². The van der Waals surface area contributed by atoms with Gasteiger partial charge in [-0.15, -0.1) is 0 Å². The first kappa shape index (κ1) is 17.0. The molecule has 1 heterocycles. The highest BCUT2D eigenvalue weighted by atomic mass is 16.5.